The molecule has 1 saturated carbocycles. The van der Waals surface area contributed by atoms with Crippen molar-refractivity contribution in [3.63, 3.8) is 0 Å². The lowest BCUT2D eigenvalue weighted by atomic mass is 9.86. The molecule has 1 unspecified atom stereocenters. The number of thiophene rings is 1. The van der Waals surface area contributed by atoms with Crippen LogP contribution in [0, 0.1) is 5.92 Å². The summed E-state index contributed by atoms with van der Waals surface area (Å²) in [7, 11) is 0. The molecule has 0 amide bonds. The van der Waals surface area contributed by atoms with Crippen LogP contribution in [0.4, 0.5) is 0 Å². The molecule has 0 saturated heterocycles. The highest BCUT2D eigenvalue weighted by atomic mass is 79.9. The van der Waals surface area contributed by atoms with Crippen LogP contribution in [0.15, 0.2) is 15.9 Å². The fraction of sp³-hybridized carbons (Fsp3) is 0.636. The number of hydrogen-bond donors (Lipinski definition) is 0. The van der Waals surface area contributed by atoms with Crippen LogP contribution < -0.4 is 0 Å². The maximum absolute atomic E-state index is 3.85. The highest BCUT2D eigenvalue weighted by Crippen LogP contribution is 2.43. The van der Waals surface area contributed by atoms with Gasteiger partial charge in [0.05, 0.1) is 8.61 Å². The van der Waals surface area contributed by atoms with Gasteiger partial charge in [-0.3, -0.25) is 0 Å². The van der Waals surface area contributed by atoms with Crippen LogP contribution in [0.2, 0.25) is 0 Å². The van der Waals surface area contributed by atoms with Gasteiger partial charge in [-0.15, -0.1) is 11.3 Å². The minimum absolute atomic E-state index is 0.582. The summed E-state index contributed by atoms with van der Waals surface area (Å²) in [6, 6.07) is 4.39. The van der Waals surface area contributed by atoms with E-state index in [1.807, 2.05) is 11.3 Å². The van der Waals surface area contributed by atoms with Crippen molar-refractivity contribution in [1.82, 2.24) is 0 Å². The van der Waals surface area contributed by atoms with E-state index in [1.54, 1.807) is 0 Å². The molecule has 0 bridgehead atoms. The van der Waals surface area contributed by atoms with E-state index in [2.05, 4.69) is 44.0 Å². The van der Waals surface area contributed by atoms with Crippen LogP contribution in [0.25, 0.3) is 0 Å². The van der Waals surface area contributed by atoms with E-state index in [0.29, 0.717) is 4.83 Å². The Balaban J connectivity index is 2.03. The molecule has 0 nitrogen and oxygen atoms in total. The van der Waals surface area contributed by atoms with Crippen molar-refractivity contribution in [2.75, 3.05) is 0 Å². The summed E-state index contributed by atoms with van der Waals surface area (Å²) in [4.78, 5) is 2.06. The normalized spacial score (nSPS) is 21.0. The van der Waals surface area contributed by atoms with E-state index in [1.165, 1.54) is 40.8 Å². The molecule has 1 heterocycles. The summed E-state index contributed by atoms with van der Waals surface area (Å²) >= 11 is 9.23. The van der Waals surface area contributed by atoms with E-state index in [9.17, 15) is 0 Å². The zero-order chi connectivity index (χ0) is 9.97. The zero-order valence-corrected chi connectivity index (χ0v) is 12.0. The molecule has 1 atom stereocenters. The first-order chi connectivity index (χ1) is 6.77. The number of rotatable bonds is 2. The van der Waals surface area contributed by atoms with Gasteiger partial charge in [-0.1, -0.05) is 35.2 Å². The largest absolute Gasteiger partial charge is 0.132 e. The maximum Gasteiger partial charge on any atom is 0.0701 e. The fourth-order valence-electron chi connectivity index (χ4n) is 2.14. The number of hydrogen-bond acceptors (Lipinski definition) is 1. The van der Waals surface area contributed by atoms with Gasteiger partial charge in [0.15, 0.2) is 0 Å². The van der Waals surface area contributed by atoms with Gasteiger partial charge in [0.25, 0.3) is 0 Å². The predicted molar refractivity (Wildman–Crippen MR) is 70.3 cm³/mol. The third kappa shape index (κ3) is 2.61. The van der Waals surface area contributed by atoms with Gasteiger partial charge in [0, 0.05) is 4.88 Å². The van der Waals surface area contributed by atoms with Crippen LogP contribution in [-0.2, 0) is 0 Å². The van der Waals surface area contributed by atoms with Gasteiger partial charge in [-0.2, -0.15) is 0 Å². The lowest BCUT2D eigenvalue weighted by molar-refractivity contribution is 0.356. The first-order valence-electron chi connectivity index (χ1n) is 5.16. The summed E-state index contributed by atoms with van der Waals surface area (Å²) in [6.45, 7) is 0. The van der Waals surface area contributed by atoms with Crippen LogP contribution in [0.1, 0.15) is 41.8 Å². The van der Waals surface area contributed by atoms with E-state index in [4.69, 9.17) is 0 Å². The Labute approximate surface area is 106 Å². The molecule has 0 radical (unpaired) electrons. The molecule has 1 aliphatic rings. The average molecular weight is 338 g/mol. The summed E-state index contributed by atoms with van der Waals surface area (Å²) in [5.41, 5.74) is 0. The van der Waals surface area contributed by atoms with Gasteiger partial charge in [0.2, 0.25) is 0 Å². The Bertz CT molecular complexity index is 289. The molecule has 0 N–H and O–H groups in total. The molecular formula is C11H14Br2S. The SMILES string of the molecule is Brc1ccc(C(Br)C2CCCCC2)s1. The molecule has 14 heavy (non-hydrogen) atoms. The van der Waals surface area contributed by atoms with Gasteiger partial charge in [0.1, 0.15) is 0 Å². The fourth-order valence-corrected chi connectivity index (χ4v) is 4.59. The summed E-state index contributed by atoms with van der Waals surface area (Å²) < 4.78 is 1.24. The molecule has 1 aromatic rings. The molecule has 0 aliphatic heterocycles. The van der Waals surface area contributed by atoms with Crippen molar-refractivity contribution < 1.29 is 0 Å². The molecule has 1 aromatic heterocycles. The topological polar surface area (TPSA) is 0 Å². The summed E-state index contributed by atoms with van der Waals surface area (Å²) in [6.07, 6.45) is 7.06. The monoisotopic (exact) mass is 336 g/mol. The van der Waals surface area contributed by atoms with Crippen molar-refractivity contribution >= 4 is 43.2 Å². The molecule has 1 fully saturated rings. The molecule has 2 rings (SSSR count). The standard InChI is InChI=1S/C11H14Br2S/c12-10-7-6-9(14-10)11(13)8-4-2-1-3-5-8/h6-8,11H,1-5H2. The van der Waals surface area contributed by atoms with Crippen LogP contribution in [0.3, 0.4) is 0 Å². The Morgan fingerprint density at radius 1 is 1.21 bits per heavy atom. The second-order valence-corrected chi connectivity index (χ2v) is 7.42. The van der Waals surface area contributed by atoms with Crippen LogP contribution in [-0.4, -0.2) is 0 Å². The maximum atomic E-state index is 3.85. The Hall–Kier alpha value is 0.660. The molecule has 78 valence electrons. The Morgan fingerprint density at radius 2 is 1.93 bits per heavy atom. The van der Waals surface area contributed by atoms with Crippen molar-refractivity contribution in [3.05, 3.63) is 20.8 Å². The third-order valence-electron chi connectivity index (χ3n) is 2.93. The van der Waals surface area contributed by atoms with Crippen LogP contribution >= 0.6 is 43.2 Å². The van der Waals surface area contributed by atoms with Crippen molar-refractivity contribution in [3.8, 4) is 0 Å². The van der Waals surface area contributed by atoms with Gasteiger partial charge < -0.3 is 0 Å². The number of halogens is 2. The van der Waals surface area contributed by atoms with Crippen LogP contribution in [0.5, 0.6) is 0 Å². The molecule has 0 spiro atoms. The van der Waals surface area contributed by atoms with Gasteiger partial charge in [-0.05, 0) is 46.8 Å². The van der Waals surface area contributed by atoms with Crippen molar-refractivity contribution in [1.29, 1.82) is 0 Å². The summed E-state index contributed by atoms with van der Waals surface area (Å²) in [5.74, 6) is 0.856. The Morgan fingerprint density at radius 3 is 2.50 bits per heavy atom. The van der Waals surface area contributed by atoms with Crippen molar-refractivity contribution in [2.24, 2.45) is 5.92 Å². The smallest absolute Gasteiger partial charge is 0.0701 e. The highest BCUT2D eigenvalue weighted by molar-refractivity contribution is 9.11. The third-order valence-corrected chi connectivity index (χ3v) is 6.18. The van der Waals surface area contributed by atoms with Gasteiger partial charge in [-0.25, -0.2) is 0 Å². The lowest BCUT2D eigenvalue weighted by Gasteiger charge is -2.25. The first-order valence-corrected chi connectivity index (χ1v) is 7.69. The molecular weight excluding hydrogens is 324 g/mol. The molecule has 1 aliphatic carbocycles. The first kappa shape index (κ1) is 11.2. The lowest BCUT2D eigenvalue weighted by Crippen LogP contribution is -2.10. The van der Waals surface area contributed by atoms with E-state index in [0.717, 1.165) is 5.92 Å². The molecule has 0 aromatic carbocycles. The Kier molecular flexibility index (Phi) is 4.09. The predicted octanol–water partition coefficient (Wildman–Crippen LogP) is 5.53. The summed E-state index contributed by atoms with van der Waals surface area (Å²) in [5, 5.41) is 0. The van der Waals surface area contributed by atoms with Crippen molar-refractivity contribution in [2.45, 2.75) is 36.9 Å². The van der Waals surface area contributed by atoms with E-state index < -0.39 is 0 Å². The quantitative estimate of drug-likeness (QED) is 0.622. The second-order valence-electron chi connectivity index (χ2n) is 3.94. The minimum Gasteiger partial charge on any atom is -0.132 e. The highest BCUT2D eigenvalue weighted by Gasteiger charge is 2.23. The minimum atomic E-state index is 0.582. The number of alkyl halides is 1. The van der Waals surface area contributed by atoms with E-state index in [-0.39, 0.29) is 0 Å². The van der Waals surface area contributed by atoms with E-state index >= 15 is 0 Å². The average Bonchev–Trinajstić information content (AvgIpc) is 2.65. The van der Waals surface area contributed by atoms with Gasteiger partial charge >= 0.3 is 0 Å². The zero-order valence-electron chi connectivity index (χ0n) is 8.01. The molecule has 3 heteroatoms. The second kappa shape index (κ2) is 5.13.